The van der Waals surface area contributed by atoms with E-state index in [2.05, 4.69) is 50.2 Å². The molecule has 0 spiro atoms. The second kappa shape index (κ2) is 7.78. The predicted molar refractivity (Wildman–Crippen MR) is 88.6 cm³/mol. The fourth-order valence-electron chi connectivity index (χ4n) is 2.62. The van der Waals surface area contributed by atoms with Crippen LogP contribution in [-0.2, 0) is 4.79 Å². The fourth-order valence-corrected chi connectivity index (χ4v) is 2.62. The molecule has 0 amide bonds. The lowest BCUT2D eigenvalue weighted by atomic mass is 9.86. The summed E-state index contributed by atoms with van der Waals surface area (Å²) in [6.07, 6.45) is 3.37. The zero-order valence-electron chi connectivity index (χ0n) is 13.0. The first-order chi connectivity index (χ1) is 10.2. The van der Waals surface area contributed by atoms with Gasteiger partial charge in [0.2, 0.25) is 0 Å². The Bertz CT molecular complexity index is 554. The molecule has 0 saturated heterocycles. The van der Waals surface area contributed by atoms with Crippen LogP contribution in [0, 0.1) is 6.92 Å². The second-order valence-corrected chi connectivity index (χ2v) is 5.72. The van der Waals surface area contributed by atoms with Gasteiger partial charge in [-0.3, -0.25) is 4.79 Å². The van der Waals surface area contributed by atoms with E-state index in [9.17, 15) is 4.79 Å². The summed E-state index contributed by atoms with van der Waals surface area (Å²) in [5, 5.41) is 0. The summed E-state index contributed by atoms with van der Waals surface area (Å²) in [6, 6.07) is 18.9. The highest BCUT2D eigenvalue weighted by atomic mass is 16.1. The van der Waals surface area contributed by atoms with Gasteiger partial charge in [0.05, 0.1) is 0 Å². The van der Waals surface area contributed by atoms with Crippen molar-refractivity contribution < 1.29 is 4.79 Å². The largest absolute Gasteiger partial charge is 0.300 e. The Balaban J connectivity index is 2.22. The molecule has 1 atom stereocenters. The maximum Gasteiger partial charge on any atom is 0.133 e. The monoisotopic (exact) mass is 280 g/mol. The van der Waals surface area contributed by atoms with Gasteiger partial charge in [-0.15, -0.1) is 0 Å². The van der Waals surface area contributed by atoms with Gasteiger partial charge < -0.3 is 0 Å². The summed E-state index contributed by atoms with van der Waals surface area (Å²) in [6.45, 7) is 4.22. The first kappa shape index (κ1) is 15.5. The number of unbranched alkanes of at least 4 members (excludes halogenated alkanes) is 1. The Morgan fingerprint density at radius 2 is 1.57 bits per heavy atom. The average molecular weight is 280 g/mol. The highest BCUT2D eigenvalue weighted by Crippen LogP contribution is 2.29. The lowest BCUT2D eigenvalue weighted by Crippen LogP contribution is -2.08. The van der Waals surface area contributed by atoms with Crippen molar-refractivity contribution in [2.45, 2.75) is 45.4 Å². The van der Waals surface area contributed by atoms with E-state index < -0.39 is 0 Å². The summed E-state index contributed by atoms with van der Waals surface area (Å²) in [4.78, 5) is 12.2. The number of rotatable bonds is 7. The minimum absolute atomic E-state index is 0.177. The molecule has 1 nitrogen and oxygen atoms in total. The molecular weight excluding hydrogens is 256 g/mol. The molecule has 2 aromatic carbocycles. The van der Waals surface area contributed by atoms with Crippen molar-refractivity contribution >= 4 is 5.78 Å². The maximum absolute atomic E-state index is 12.2. The first-order valence-corrected chi connectivity index (χ1v) is 7.84. The van der Waals surface area contributed by atoms with Crippen LogP contribution in [0.1, 0.15) is 55.2 Å². The van der Waals surface area contributed by atoms with E-state index in [0.29, 0.717) is 18.6 Å². The third-order valence-electron chi connectivity index (χ3n) is 3.92. The Kier molecular flexibility index (Phi) is 5.74. The van der Waals surface area contributed by atoms with Crippen molar-refractivity contribution in [2.24, 2.45) is 0 Å². The summed E-state index contributed by atoms with van der Waals surface area (Å²) in [7, 11) is 0. The zero-order valence-corrected chi connectivity index (χ0v) is 13.0. The highest BCUT2D eigenvalue weighted by Gasteiger charge is 2.17. The Hall–Kier alpha value is -1.89. The third kappa shape index (κ3) is 4.56. The van der Waals surface area contributed by atoms with Gasteiger partial charge in [0, 0.05) is 18.8 Å². The Labute approximate surface area is 128 Å². The van der Waals surface area contributed by atoms with E-state index in [0.717, 1.165) is 12.8 Å². The quantitative estimate of drug-likeness (QED) is 0.674. The molecule has 0 aromatic heterocycles. The van der Waals surface area contributed by atoms with Gasteiger partial charge in [-0.05, 0) is 24.5 Å². The fraction of sp³-hybridized carbons (Fsp3) is 0.350. The minimum atomic E-state index is 0.177. The first-order valence-electron chi connectivity index (χ1n) is 7.84. The second-order valence-electron chi connectivity index (χ2n) is 5.72. The van der Waals surface area contributed by atoms with Gasteiger partial charge in [-0.1, -0.05) is 73.5 Å². The lowest BCUT2D eigenvalue weighted by Gasteiger charge is -2.17. The van der Waals surface area contributed by atoms with Crippen molar-refractivity contribution in [1.82, 2.24) is 0 Å². The number of carbonyl (C=O) groups is 1. The minimum Gasteiger partial charge on any atom is -0.300 e. The van der Waals surface area contributed by atoms with Crippen LogP contribution in [0.3, 0.4) is 0 Å². The van der Waals surface area contributed by atoms with Gasteiger partial charge >= 0.3 is 0 Å². The van der Waals surface area contributed by atoms with Crippen LogP contribution in [0.2, 0.25) is 0 Å². The predicted octanol–water partition coefficient (Wildman–Crippen LogP) is 5.28. The van der Waals surface area contributed by atoms with Crippen LogP contribution < -0.4 is 0 Å². The van der Waals surface area contributed by atoms with Crippen molar-refractivity contribution in [3.8, 4) is 0 Å². The molecule has 0 aliphatic rings. The molecule has 1 unspecified atom stereocenters. The van der Waals surface area contributed by atoms with Crippen LogP contribution in [-0.4, -0.2) is 5.78 Å². The number of ketones is 1. The SMILES string of the molecule is CCCCC(=O)CC(c1ccccc1)c1ccc(C)cc1. The summed E-state index contributed by atoms with van der Waals surface area (Å²) >= 11 is 0. The van der Waals surface area contributed by atoms with E-state index in [1.54, 1.807) is 0 Å². The zero-order chi connectivity index (χ0) is 15.1. The standard InChI is InChI=1S/C20H24O/c1-3-4-10-19(21)15-20(17-8-6-5-7-9-17)18-13-11-16(2)12-14-18/h5-9,11-14,20H,3-4,10,15H2,1-2H3. The van der Waals surface area contributed by atoms with E-state index >= 15 is 0 Å². The summed E-state index contributed by atoms with van der Waals surface area (Å²) in [5.41, 5.74) is 3.71. The molecule has 0 saturated carbocycles. The number of hydrogen-bond donors (Lipinski definition) is 0. The highest BCUT2D eigenvalue weighted by molar-refractivity contribution is 5.79. The molecular formula is C20H24O. The number of benzene rings is 2. The third-order valence-corrected chi connectivity index (χ3v) is 3.92. The normalized spacial score (nSPS) is 12.1. The van der Waals surface area contributed by atoms with Crippen LogP contribution >= 0.6 is 0 Å². The van der Waals surface area contributed by atoms with E-state index in [1.807, 2.05) is 18.2 Å². The lowest BCUT2D eigenvalue weighted by molar-refractivity contribution is -0.119. The molecule has 0 radical (unpaired) electrons. The van der Waals surface area contributed by atoms with E-state index in [-0.39, 0.29) is 5.92 Å². The van der Waals surface area contributed by atoms with Crippen molar-refractivity contribution in [1.29, 1.82) is 0 Å². The smallest absolute Gasteiger partial charge is 0.133 e. The molecule has 2 rings (SSSR count). The molecule has 0 bridgehead atoms. The molecule has 21 heavy (non-hydrogen) atoms. The molecule has 0 heterocycles. The van der Waals surface area contributed by atoms with Gasteiger partial charge in [0.25, 0.3) is 0 Å². The van der Waals surface area contributed by atoms with E-state index in [1.165, 1.54) is 16.7 Å². The van der Waals surface area contributed by atoms with Crippen LogP contribution in [0.15, 0.2) is 54.6 Å². The number of Topliss-reactive ketones (excluding diaryl/α,β-unsaturated/α-hetero) is 1. The number of hydrogen-bond acceptors (Lipinski definition) is 1. The molecule has 110 valence electrons. The summed E-state index contributed by atoms with van der Waals surface area (Å²) < 4.78 is 0. The molecule has 0 aliphatic carbocycles. The molecule has 2 aromatic rings. The topological polar surface area (TPSA) is 17.1 Å². The van der Waals surface area contributed by atoms with Crippen LogP contribution in [0.25, 0.3) is 0 Å². The van der Waals surface area contributed by atoms with Gasteiger partial charge in [-0.25, -0.2) is 0 Å². The van der Waals surface area contributed by atoms with Crippen molar-refractivity contribution in [3.05, 3.63) is 71.3 Å². The van der Waals surface area contributed by atoms with Crippen molar-refractivity contribution in [2.75, 3.05) is 0 Å². The molecule has 1 heteroatoms. The molecule has 0 aliphatic heterocycles. The number of aryl methyl sites for hydroxylation is 1. The van der Waals surface area contributed by atoms with Gasteiger partial charge in [-0.2, -0.15) is 0 Å². The van der Waals surface area contributed by atoms with Gasteiger partial charge in [0.15, 0.2) is 0 Å². The summed E-state index contributed by atoms with van der Waals surface area (Å²) in [5.74, 6) is 0.544. The van der Waals surface area contributed by atoms with E-state index in [4.69, 9.17) is 0 Å². The Morgan fingerprint density at radius 3 is 2.19 bits per heavy atom. The molecule has 0 N–H and O–H groups in total. The maximum atomic E-state index is 12.2. The van der Waals surface area contributed by atoms with Crippen molar-refractivity contribution in [3.63, 3.8) is 0 Å². The number of carbonyl (C=O) groups excluding carboxylic acids is 1. The Morgan fingerprint density at radius 1 is 0.952 bits per heavy atom. The van der Waals surface area contributed by atoms with Crippen LogP contribution in [0.4, 0.5) is 0 Å². The van der Waals surface area contributed by atoms with Crippen LogP contribution in [0.5, 0.6) is 0 Å². The molecule has 0 fully saturated rings. The average Bonchev–Trinajstić information content (AvgIpc) is 2.52. The van der Waals surface area contributed by atoms with Gasteiger partial charge in [0.1, 0.15) is 5.78 Å².